The number of nitrogens with zero attached hydrogens (tertiary/aromatic N) is 2. The summed E-state index contributed by atoms with van der Waals surface area (Å²) in [5, 5.41) is 1.37. The monoisotopic (exact) mass is 893 g/mol. The van der Waals surface area contributed by atoms with Gasteiger partial charge in [0.2, 0.25) is 0 Å². The van der Waals surface area contributed by atoms with Gasteiger partial charge in [0.15, 0.2) is 0 Å². The highest BCUT2D eigenvalue weighted by Crippen LogP contribution is 2.55. The number of benzene rings is 5. The van der Waals surface area contributed by atoms with Crippen LogP contribution in [0.3, 0.4) is 0 Å². The minimum Gasteiger partial charge on any atom is -0.311 e. The Hall–Kier alpha value is -4.28. The van der Waals surface area contributed by atoms with Crippen LogP contribution in [0.15, 0.2) is 72.8 Å². The molecule has 1 aromatic heterocycles. The quantitative estimate of drug-likeness (QED) is 0.160. The second-order valence-electron chi connectivity index (χ2n) is 27.0. The predicted octanol–water partition coefficient (Wildman–Crippen LogP) is 16.2. The molecule has 0 radical (unpaired) electrons. The van der Waals surface area contributed by atoms with E-state index >= 15 is 0 Å². The van der Waals surface area contributed by atoms with E-state index in [0.717, 1.165) is 0 Å². The molecule has 66 heavy (non-hydrogen) atoms. The van der Waals surface area contributed by atoms with Crippen molar-refractivity contribution in [3.05, 3.63) is 123 Å². The van der Waals surface area contributed by atoms with Crippen molar-refractivity contribution in [1.29, 1.82) is 0 Å². The average molecular weight is 893 g/mol. The van der Waals surface area contributed by atoms with Crippen LogP contribution in [-0.4, -0.2) is 6.71 Å². The second kappa shape index (κ2) is 14.2. The minimum atomic E-state index is -0.0267. The first kappa shape index (κ1) is 45.5. The highest BCUT2D eigenvalue weighted by atomic mass is 32.1. The van der Waals surface area contributed by atoms with Gasteiger partial charge in [-0.3, -0.25) is 0 Å². The molecule has 0 saturated carbocycles. The molecule has 5 aromatic carbocycles. The van der Waals surface area contributed by atoms with Gasteiger partial charge in [-0.05, 0) is 187 Å². The summed E-state index contributed by atoms with van der Waals surface area (Å²) in [6, 6.07) is 30.6. The first-order chi connectivity index (χ1) is 30.4. The SMILES string of the molecule is Cc1cc2c3c(c1)N(c1cc(C(C)(C)C)cc(C(C)(C)C)c1)c1c(sc4ccc(C(C)(C)C)cc14)B3c1cc3c(cc1N2c1cc2c(cc1C)C(C)(C)CCC2(C)C)C(C)(C)CCC3(C)C. The summed E-state index contributed by atoms with van der Waals surface area (Å²) in [6.07, 6.45) is 4.77. The largest absolute Gasteiger partial charge is 0.311 e. The Morgan fingerprint density at radius 1 is 0.485 bits per heavy atom. The van der Waals surface area contributed by atoms with Gasteiger partial charge in [-0.25, -0.2) is 0 Å². The van der Waals surface area contributed by atoms with Gasteiger partial charge in [0.05, 0.1) is 5.69 Å². The molecule has 3 heterocycles. The van der Waals surface area contributed by atoms with Gasteiger partial charge in [-0.15, -0.1) is 11.3 Å². The third-order valence-corrected chi connectivity index (χ3v) is 18.2. The van der Waals surface area contributed by atoms with Crippen LogP contribution in [-0.2, 0) is 37.9 Å². The van der Waals surface area contributed by atoms with E-state index in [0.29, 0.717) is 0 Å². The van der Waals surface area contributed by atoms with Crippen LogP contribution >= 0.6 is 11.3 Å². The first-order valence-corrected chi connectivity index (χ1v) is 26.0. The molecule has 0 amide bonds. The van der Waals surface area contributed by atoms with Crippen LogP contribution in [0.1, 0.15) is 193 Å². The Bertz CT molecular complexity index is 2990. The van der Waals surface area contributed by atoms with Crippen LogP contribution < -0.4 is 25.5 Å². The summed E-state index contributed by atoms with van der Waals surface area (Å²) < 4.78 is 2.83. The first-order valence-electron chi connectivity index (χ1n) is 25.2. The smallest absolute Gasteiger partial charge is 0.264 e. The number of anilines is 6. The Kier molecular flexibility index (Phi) is 9.76. The van der Waals surface area contributed by atoms with Crippen LogP contribution in [0.5, 0.6) is 0 Å². The molecule has 0 fully saturated rings. The molecule has 2 aliphatic heterocycles. The maximum absolute atomic E-state index is 2.75. The van der Waals surface area contributed by atoms with Gasteiger partial charge in [0, 0.05) is 43.3 Å². The van der Waals surface area contributed by atoms with Gasteiger partial charge in [-0.2, -0.15) is 0 Å². The van der Waals surface area contributed by atoms with E-state index in [9.17, 15) is 0 Å². The zero-order valence-corrected chi connectivity index (χ0v) is 45.0. The van der Waals surface area contributed by atoms with E-state index in [1.165, 1.54) is 136 Å². The minimum absolute atomic E-state index is 0.0155. The number of aryl methyl sites for hydroxylation is 2. The summed E-state index contributed by atoms with van der Waals surface area (Å²) in [5.74, 6) is 0. The van der Waals surface area contributed by atoms with Crippen molar-refractivity contribution in [3.63, 3.8) is 0 Å². The molecule has 0 unspecified atom stereocenters. The summed E-state index contributed by atoms with van der Waals surface area (Å²) in [7, 11) is 0. The molecular formula is C62H77BN2S. The summed E-state index contributed by atoms with van der Waals surface area (Å²) in [4.78, 5) is 5.48. The molecule has 6 aromatic rings. The summed E-state index contributed by atoms with van der Waals surface area (Å²) in [6.45, 7) is 46.1. The van der Waals surface area contributed by atoms with Crippen LogP contribution in [0, 0.1) is 13.8 Å². The number of fused-ring (bicyclic) bond motifs is 8. The van der Waals surface area contributed by atoms with Crippen LogP contribution in [0.25, 0.3) is 10.1 Å². The van der Waals surface area contributed by atoms with Gasteiger partial charge in [0.1, 0.15) is 0 Å². The molecule has 2 aliphatic carbocycles. The van der Waals surface area contributed by atoms with Gasteiger partial charge < -0.3 is 9.80 Å². The molecule has 0 N–H and O–H groups in total. The van der Waals surface area contributed by atoms with Crippen LogP contribution in [0.4, 0.5) is 34.1 Å². The van der Waals surface area contributed by atoms with E-state index in [-0.39, 0.29) is 44.6 Å². The molecule has 344 valence electrons. The fourth-order valence-electron chi connectivity index (χ4n) is 12.2. The standard InChI is InChI=1S/C62H77BN2S/c1-36-26-50-53-51(27-36)65(48-34-45-43(28-37(48)2)59(12,13)22-24-61(45,16)17)49-35-46-44(60(14,15)23-25-62(46,18)19)33-47(49)63(53)55-54(42-32-38(56(3,4)5)20-21-52(42)66-55)64(50)41-30-39(57(6,7)8)29-40(31-41)58(9,10)11/h20-21,26-35H,22-25H2,1-19H3. The van der Waals surface area contributed by atoms with Gasteiger partial charge in [0.25, 0.3) is 6.71 Å². The summed E-state index contributed by atoms with van der Waals surface area (Å²) in [5.41, 5.74) is 24.1. The molecule has 4 heteroatoms. The lowest BCUT2D eigenvalue weighted by atomic mass is 9.35. The lowest BCUT2D eigenvalue weighted by Gasteiger charge is -2.48. The third kappa shape index (κ3) is 6.90. The van der Waals surface area contributed by atoms with Gasteiger partial charge >= 0.3 is 0 Å². The molecule has 0 saturated heterocycles. The fraction of sp³-hybridized carbons (Fsp3) is 0.484. The number of thiophene rings is 1. The van der Waals surface area contributed by atoms with E-state index in [2.05, 4.69) is 214 Å². The Labute approximate surface area is 403 Å². The van der Waals surface area contributed by atoms with Crippen molar-refractivity contribution in [3.8, 4) is 0 Å². The lowest BCUT2D eigenvalue weighted by Crippen LogP contribution is -2.61. The van der Waals surface area contributed by atoms with Crippen molar-refractivity contribution in [2.75, 3.05) is 9.80 Å². The summed E-state index contributed by atoms with van der Waals surface area (Å²) >= 11 is 2.04. The third-order valence-electron chi connectivity index (χ3n) is 17.0. The van der Waals surface area contributed by atoms with Crippen molar-refractivity contribution in [2.45, 2.75) is 195 Å². The molecule has 0 spiro atoms. The maximum Gasteiger partial charge on any atom is 0.264 e. The molecule has 0 bridgehead atoms. The second-order valence-corrected chi connectivity index (χ2v) is 28.1. The molecule has 0 atom stereocenters. The van der Waals surface area contributed by atoms with E-state index in [1.54, 1.807) is 0 Å². The highest BCUT2D eigenvalue weighted by Gasteiger charge is 2.49. The predicted molar refractivity (Wildman–Crippen MR) is 292 cm³/mol. The topological polar surface area (TPSA) is 6.48 Å². The lowest BCUT2D eigenvalue weighted by molar-refractivity contribution is 0.331. The molecular weight excluding hydrogens is 816 g/mol. The fourth-order valence-corrected chi connectivity index (χ4v) is 13.5. The maximum atomic E-state index is 2.75. The molecule has 4 aliphatic rings. The van der Waals surface area contributed by atoms with Crippen molar-refractivity contribution < 1.29 is 0 Å². The zero-order valence-electron chi connectivity index (χ0n) is 44.1. The van der Waals surface area contributed by atoms with Crippen molar-refractivity contribution in [2.24, 2.45) is 0 Å². The number of hydrogen-bond donors (Lipinski definition) is 0. The van der Waals surface area contributed by atoms with E-state index in [1.807, 2.05) is 11.3 Å². The number of hydrogen-bond acceptors (Lipinski definition) is 3. The Morgan fingerprint density at radius 3 is 1.47 bits per heavy atom. The van der Waals surface area contributed by atoms with Gasteiger partial charge in [-0.1, -0.05) is 142 Å². The Balaban J connectivity index is 1.37. The highest BCUT2D eigenvalue weighted by molar-refractivity contribution is 7.33. The van der Waals surface area contributed by atoms with Crippen molar-refractivity contribution >= 4 is 78.0 Å². The number of rotatable bonds is 2. The normalized spacial score (nSPS) is 19.0. The molecule has 10 rings (SSSR count). The Morgan fingerprint density at radius 2 is 0.955 bits per heavy atom. The average Bonchev–Trinajstić information content (AvgIpc) is 3.58. The van der Waals surface area contributed by atoms with E-state index < -0.39 is 0 Å². The molecule has 2 nitrogen and oxygen atoms in total. The zero-order chi connectivity index (χ0) is 47.8. The van der Waals surface area contributed by atoms with Crippen molar-refractivity contribution in [1.82, 2.24) is 0 Å². The van der Waals surface area contributed by atoms with E-state index in [4.69, 9.17) is 0 Å². The van der Waals surface area contributed by atoms with Crippen LogP contribution in [0.2, 0.25) is 0 Å².